The predicted molar refractivity (Wildman–Crippen MR) is 68.3 cm³/mol. The molecule has 0 saturated heterocycles. The Balaban J connectivity index is 2.79. The average molecular weight is 259 g/mol. The summed E-state index contributed by atoms with van der Waals surface area (Å²) in [7, 11) is 1.55. The van der Waals surface area contributed by atoms with Crippen molar-refractivity contribution in [3.8, 4) is 5.88 Å². The second kappa shape index (κ2) is 6.37. The lowest BCUT2D eigenvalue weighted by atomic mass is 10.2. The largest absolute Gasteiger partial charge is 0.476 e. The quantitative estimate of drug-likeness (QED) is 0.852. The van der Waals surface area contributed by atoms with Gasteiger partial charge in [0.25, 0.3) is 6.43 Å². The van der Waals surface area contributed by atoms with Gasteiger partial charge < -0.3 is 15.4 Å². The van der Waals surface area contributed by atoms with Crippen molar-refractivity contribution in [3.05, 3.63) is 12.1 Å². The Morgan fingerprint density at radius 1 is 1.39 bits per heavy atom. The maximum absolute atomic E-state index is 12.3. The van der Waals surface area contributed by atoms with Gasteiger partial charge >= 0.3 is 0 Å². The number of halogens is 2. The number of nitrogen functional groups attached to an aromatic ring is 1. The minimum atomic E-state index is -2.41. The van der Waals surface area contributed by atoms with Crippen molar-refractivity contribution in [2.75, 3.05) is 30.8 Å². The maximum atomic E-state index is 12.3. The lowest BCUT2D eigenvalue weighted by molar-refractivity contribution is 0.156. The van der Waals surface area contributed by atoms with Crippen LogP contribution in [-0.2, 0) is 0 Å². The number of ether oxygens (including phenoxy) is 1. The highest BCUT2D eigenvalue weighted by molar-refractivity contribution is 5.54. The number of hydrogen-bond acceptors (Lipinski definition) is 4. The van der Waals surface area contributed by atoms with E-state index in [9.17, 15) is 8.78 Å². The summed E-state index contributed by atoms with van der Waals surface area (Å²) in [5, 5.41) is 0. The molecule has 0 spiro atoms. The third-order valence-electron chi connectivity index (χ3n) is 2.23. The van der Waals surface area contributed by atoms with Crippen molar-refractivity contribution in [3.63, 3.8) is 0 Å². The lowest BCUT2D eigenvalue weighted by Crippen LogP contribution is -2.25. The zero-order valence-corrected chi connectivity index (χ0v) is 10.9. The van der Waals surface area contributed by atoms with E-state index in [1.165, 1.54) is 4.90 Å². The second-order valence-electron chi connectivity index (χ2n) is 4.54. The van der Waals surface area contributed by atoms with Crippen LogP contribution in [0.2, 0.25) is 0 Å². The number of nitrogens with zero attached hydrogens (tertiary/aromatic N) is 2. The number of anilines is 2. The SMILES string of the molecule is CC(C)COc1nc(N(C)CC(F)F)ccc1N. The van der Waals surface area contributed by atoms with E-state index in [4.69, 9.17) is 10.5 Å². The van der Waals surface area contributed by atoms with Gasteiger partial charge in [-0.2, -0.15) is 4.98 Å². The topological polar surface area (TPSA) is 51.4 Å². The molecule has 0 saturated carbocycles. The Labute approximate surface area is 106 Å². The van der Waals surface area contributed by atoms with Gasteiger partial charge in [-0.3, -0.25) is 0 Å². The smallest absolute Gasteiger partial charge is 0.255 e. The molecule has 0 aliphatic rings. The molecule has 4 nitrogen and oxygen atoms in total. The molecule has 6 heteroatoms. The summed E-state index contributed by atoms with van der Waals surface area (Å²) in [6.07, 6.45) is -2.41. The van der Waals surface area contributed by atoms with Crippen molar-refractivity contribution in [2.24, 2.45) is 5.92 Å². The van der Waals surface area contributed by atoms with Crippen LogP contribution in [0.4, 0.5) is 20.3 Å². The Bertz CT molecular complexity index is 386. The molecule has 0 fully saturated rings. The van der Waals surface area contributed by atoms with E-state index in [0.717, 1.165) is 0 Å². The Morgan fingerprint density at radius 3 is 2.61 bits per heavy atom. The third-order valence-corrected chi connectivity index (χ3v) is 2.23. The number of pyridine rings is 1. The molecule has 0 unspecified atom stereocenters. The molecule has 0 aliphatic carbocycles. The van der Waals surface area contributed by atoms with Gasteiger partial charge in [0, 0.05) is 7.05 Å². The molecule has 1 rings (SSSR count). The first-order chi connectivity index (χ1) is 8.40. The number of alkyl halides is 2. The lowest BCUT2D eigenvalue weighted by Gasteiger charge is -2.19. The Kier molecular flexibility index (Phi) is 5.12. The molecular formula is C12H19F2N3O. The van der Waals surface area contributed by atoms with Gasteiger partial charge in [0.05, 0.1) is 18.8 Å². The standard InChI is InChI=1S/C12H19F2N3O/c1-8(2)7-18-12-9(15)4-5-11(16-12)17(3)6-10(13)14/h4-5,8,10H,6-7,15H2,1-3H3. The van der Waals surface area contributed by atoms with Gasteiger partial charge in [0.15, 0.2) is 0 Å². The fourth-order valence-electron chi connectivity index (χ4n) is 1.32. The van der Waals surface area contributed by atoms with E-state index in [1.54, 1.807) is 19.2 Å². The van der Waals surface area contributed by atoms with Crippen LogP contribution in [0, 0.1) is 5.92 Å². The van der Waals surface area contributed by atoms with Gasteiger partial charge in [-0.05, 0) is 18.1 Å². The zero-order chi connectivity index (χ0) is 13.7. The summed E-state index contributed by atoms with van der Waals surface area (Å²) in [5.74, 6) is 1.05. The number of nitrogens with two attached hydrogens (primary N) is 1. The predicted octanol–water partition coefficient (Wildman–Crippen LogP) is 2.40. The zero-order valence-electron chi connectivity index (χ0n) is 10.9. The highest BCUT2D eigenvalue weighted by atomic mass is 19.3. The highest BCUT2D eigenvalue weighted by Crippen LogP contribution is 2.23. The van der Waals surface area contributed by atoms with Crippen LogP contribution in [0.1, 0.15) is 13.8 Å². The van der Waals surface area contributed by atoms with Gasteiger partial charge in [0.1, 0.15) is 5.82 Å². The normalized spacial score (nSPS) is 11.1. The van der Waals surface area contributed by atoms with E-state index in [0.29, 0.717) is 29.9 Å². The molecule has 0 amide bonds. The van der Waals surface area contributed by atoms with Crippen molar-refractivity contribution < 1.29 is 13.5 Å². The first-order valence-corrected chi connectivity index (χ1v) is 5.78. The molecule has 18 heavy (non-hydrogen) atoms. The second-order valence-corrected chi connectivity index (χ2v) is 4.54. The van der Waals surface area contributed by atoms with Crippen LogP contribution in [0.3, 0.4) is 0 Å². The van der Waals surface area contributed by atoms with Crippen LogP contribution in [0.5, 0.6) is 5.88 Å². The average Bonchev–Trinajstić information content (AvgIpc) is 2.26. The molecule has 0 aromatic carbocycles. The van der Waals surface area contributed by atoms with E-state index in [-0.39, 0.29) is 6.54 Å². The van der Waals surface area contributed by atoms with Crippen LogP contribution < -0.4 is 15.4 Å². The maximum Gasteiger partial charge on any atom is 0.255 e. The first-order valence-electron chi connectivity index (χ1n) is 5.78. The van der Waals surface area contributed by atoms with Crippen molar-refractivity contribution in [1.29, 1.82) is 0 Å². The molecule has 0 aliphatic heterocycles. The fraction of sp³-hybridized carbons (Fsp3) is 0.583. The summed E-state index contributed by atoms with van der Waals surface area (Å²) in [5.41, 5.74) is 6.13. The summed E-state index contributed by atoms with van der Waals surface area (Å²) < 4.78 is 30.0. The molecule has 1 aromatic rings. The van der Waals surface area contributed by atoms with Gasteiger partial charge in [0.2, 0.25) is 5.88 Å². The Morgan fingerprint density at radius 2 is 2.06 bits per heavy atom. The highest BCUT2D eigenvalue weighted by Gasteiger charge is 2.12. The number of aromatic nitrogens is 1. The van der Waals surface area contributed by atoms with E-state index in [1.807, 2.05) is 13.8 Å². The molecule has 0 atom stereocenters. The number of hydrogen-bond donors (Lipinski definition) is 1. The van der Waals surface area contributed by atoms with Crippen LogP contribution >= 0.6 is 0 Å². The monoisotopic (exact) mass is 259 g/mol. The molecular weight excluding hydrogens is 240 g/mol. The minimum absolute atomic E-state index is 0.294. The summed E-state index contributed by atoms with van der Waals surface area (Å²) in [6.45, 7) is 4.12. The number of rotatable bonds is 6. The Hall–Kier alpha value is -1.59. The van der Waals surface area contributed by atoms with Crippen LogP contribution in [0.25, 0.3) is 0 Å². The van der Waals surface area contributed by atoms with E-state index in [2.05, 4.69) is 4.98 Å². The fourth-order valence-corrected chi connectivity index (χ4v) is 1.32. The van der Waals surface area contributed by atoms with Crippen LogP contribution in [0.15, 0.2) is 12.1 Å². The molecule has 102 valence electrons. The van der Waals surface area contributed by atoms with Crippen molar-refractivity contribution in [1.82, 2.24) is 4.98 Å². The summed E-state index contributed by atoms with van der Waals surface area (Å²) in [4.78, 5) is 5.51. The van der Waals surface area contributed by atoms with Gasteiger partial charge in [-0.25, -0.2) is 8.78 Å². The summed E-state index contributed by atoms with van der Waals surface area (Å²) in [6, 6.07) is 3.21. The molecule has 0 bridgehead atoms. The van der Waals surface area contributed by atoms with Gasteiger partial charge in [-0.15, -0.1) is 0 Å². The first kappa shape index (κ1) is 14.5. The van der Waals surface area contributed by atoms with Crippen molar-refractivity contribution >= 4 is 11.5 Å². The van der Waals surface area contributed by atoms with Crippen molar-refractivity contribution in [2.45, 2.75) is 20.3 Å². The molecule has 1 aromatic heterocycles. The molecule has 0 radical (unpaired) electrons. The third kappa shape index (κ3) is 4.35. The molecule has 1 heterocycles. The van der Waals surface area contributed by atoms with Crippen LogP contribution in [-0.4, -0.2) is 31.6 Å². The summed E-state index contributed by atoms with van der Waals surface area (Å²) >= 11 is 0. The van der Waals surface area contributed by atoms with Gasteiger partial charge in [-0.1, -0.05) is 13.8 Å². The van der Waals surface area contributed by atoms with E-state index < -0.39 is 6.43 Å². The minimum Gasteiger partial charge on any atom is -0.476 e. The van der Waals surface area contributed by atoms with E-state index >= 15 is 0 Å². The molecule has 2 N–H and O–H groups in total.